The quantitative estimate of drug-likeness (QED) is 0.268. The average Bonchev–Trinajstić information content (AvgIpc) is 3.48. The van der Waals surface area contributed by atoms with Gasteiger partial charge in [0.2, 0.25) is 5.88 Å². The topological polar surface area (TPSA) is 116 Å². The van der Waals surface area contributed by atoms with Crippen molar-refractivity contribution in [3.63, 3.8) is 0 Å². The second-order valence-electron chi connectivity index (χ2n) is 8.59. The van der Waals surface area contributed by atoms with E-state index in [9.17, 15) is 4.39 Å². The van der Waals surface area contributed by atoms with Gasteiger partial charge in [0.05, 0.1) is 40.8 Å². The number of halogens is 2. The van der Waals surface area contributed by atoms with Crippen LogP contribution in [0.5, 0.6) is 5.88 Å². The van der Waals surface area contributed by atoms with Gasteiger partial charge in [0, 0.05) is 47.7 Å². The van der Waals surface area contributed by atoms with Crippen LogP contribution >= 0.6 is 11.6 Å². The van der Waals surface area contributed by atoms with Crippen molar-refractivity contribution >= 4 is 34.3 Å². The first kappa shape index (κ1) is 23.1. The van der Waals surface area contributed by atoms with Gasteiger partial charge in [-0.1, -0.05) is 11.6 Å². The third kappa shape index (κ3) is 4.78. The Morgan fingerprint density at radius 3 is 2.77 bits per heavy atom. The number of methoxy groups -OCH3 is 1. The lowest BCUT2D eigenvalue weighted by Gasteiger charge is -2.18. The maximum absolute atomic E-state index is 13.8. The molecule has 3 aromatic heterocycles. The summed E-state index contributed by atoms with van der Waals surface area (Å²) in [6, 6.07) is 10.1. The number of nitrogens with zero attached hydrogens (tertiary/aromatic N) is 4. The zero-order chi connectivity index (χ0) is 24.5. The number of nitrogens with one attached hydrogen (secondary N) is 1. The molecular formula is C25H25ClFN7O. The first-order valence-corrected chi connectivity index (χ1v) is 11.6. The number of hydrogen-bond donors (Lipinski definition) is 3. The second-order valence-corrected chi connectivity index (χ2v) is 9.00. The van der Waals surface area contributed by atoms with Gasteiger partial charge in [-0.3, -0.25) is 0 Å². The Kier molecular flexibility index (Phi) is 6.27. The van der Waals surface area contributed by atoms with E-state index in [0.29, 0.717) is 16.5 Å². The highest BCUT2D eigenvalue weighted by Gasteiger charge is 2.24. The van der Waals surface area contributed by atoms with Gasteiger partial charge in [-0.25, -0.2) is 18.9 Å². The van der Waals surface area contributed by atoms with Crippen molar-refractivity contribution in [2.45, 2.75) is 31.3 Å². The summed E-state index contributed by atoms with van der Waals surface area (Å²) < 4.78 is 20.7. The Morgan fingerprint density at radius 2 is 2.06 bits per heavy atom. The Bertz CT molecular complexity index is 1400. The number of aliphatic imine (C=N–C) groups is 1. The van der Waals surface area contributed by atoms with Crippen LogP contribution in [0.4, 0.5) is 15.8 Å². The van der Waals surface area contributed by atoms with Gasteiger partial charge in [-0.15, -0.1) is 0 Å². The third-order valence-corrected chi connectivity index (χ3v) is 6.48. The molecular weight excluding hydrogens is 469 g/mol. The van der Waals surface area contributed by atoms with Gasteiger partial charge >= 0.3 is 0 Å². The minimum atomic E-state index is -0.447. The van der Waals surface area contributed by atoms with E-state index in [1.54, 1.807) is 24.0 Å². The van der Waals surface area contributed by atoms with Gasteiger partial charge in [0.15, 0.2) is 0 Å². The van der Waals surface area contributed by atoms with Crippen LogP contribution < -0.4 is 21.5 Å². The van der Waals surface area contributed by atoms with Crippen molar-refractivity contribution in [1.29, 1.82) is 0 Å². The number of fused-ring (bicyclic) bond motifs is 1. The second kappa shape index (κ2) is 9.52. The van der Waals surface area contributed by atoms with Crippen molar-refractivity contribution in [1.82, 2.24) is 14.6 Å². The predicted octanol–water partition coefficient (Wildman–Crippen LogP) is 4.53. The normalized spacial score (nSPS) is 18.2. The number of anilines is 1. The smallest absolute Gasteiger partial charge is 0.212 e. The zero-order valence-electron chi connectivity index (χ0n) is 19.1. The van der Waals surface area contributed by atoms with Crippen LogP contribution in [0.25, 0.3) is 16.6 Å². The number of nitrogens with two attached hydrogens (primary N) is 2. The summed E-state index contributed by atoms with van der Waals surface area (Å²) in [4.78, 5) is 8.72. The van der Waals surface area contributed by atoms with Crippen LogP contribution in [-0.2, 0) is 0 Å². The minimum Gasteiger partial charge on any atom is -0.481 e. The molecule has 0 bridgehead atoms. The van der Waals surface area contributed by atoms with Crippen LogP contribution in [0.3, 0.4) is 0 Å². The number of hydrogen-bond acceptors (Lipinski definition) is 6. The Balaban J connectivity index is 1.61. The third-order valence-electron chi connectivity index (χ3n) is 6.16. The van der Waals surface area contributed by atoms with Crippen LogP contribution in [-0.4, -0.2) is 39.6 Å². The lowest BCUT2D eigenvalue weighted by molar-refractivity contribution is 0.398. The van der Waals surface area contributed by atoms with E-state index >= 15 is 0 Å². The highest BCUT2D eigenvalue weighted by molar-refractivity contribution is 6.33. The van der Waals surface area contributed by atoms with Crippen LogP contribution in [0, 0.1) is 5.82 Å². The first-order chi connectivity index (χ1) is 16.9. The van der Waals surface area contributed by atoms with Crippen LogP contribution in [0.15, 0.2) is 60.0 Å². The fourth-order valence-corrected chi connectivity index (χ4v) is 4.51. The van der Waals surface area contributed by atoms with E-state index in [1.807, 2.05) is 24.4 Å². The summed E-state index contributed by atoms with van der Waals surface area (Å²) in [6.45, 7) is 0. The lowest BCUT2D eigenvalue weighted by atomic mass is 10.1. The van der Waals surface area contributed by atoms with Crippen molar-refractivity contribution in [2.24, 2.45) is 16.5 Å². The monoisotopic (exact) mass is 493 g/mol. The molecule has 8 nitrogen and oxygen atoms in total. The molecule has 0 saturated heterocycles. The fraction of sp³-hybridized carbons (Fsp3) is 0.240. The number of amidine groups is 1. The summed E-state index contributed by atoms with van der Waals surface area (Å²) in [5.41, 5.74) is 16.9. The summed E-state index contributed by atoms with van der Waals surface area (Å²) >= 11 is 6.22. The molecule has 0 radical (unpaired) electrons. The summed E-state index contributed by atoms with van der Waals surface area (Å²) in [6.07, 6.45) is 8.05. The summed E-state index contributed by atoms with van der Waals surface area (Å²) in [5, 5.41) is 8.47. The molecule has 1 aliphatic carbocycles. The molecule has 1 fully saturated rings. The van der Waals surface area contributed by atoms with E-state index in [0.717, 1.165) is 41.6 Å². The van der Waals surface area contributed by atoms with E-state index in [4.69, 9.17) is 27.8 Å². The van der Waals surface area contributed by atoms with E-state index < -0.39 is 5.82 Å². The molecule has 4 aromatic rings. The fourth-order valence-electron chi connectivity index (χ4n) is 4.35. The van der Waals surface area contributed by atoms with E-state index in [1.165, 1.54) is 18.2 Å². The molecule has 0 amide bonds. The largest absolute Gasteiger partial charge is 0.481 e. The van der Waals surface area contributed by atoms with Gasteiger partial charge in [-0.2, -0.15) is 5.10 Å². The lowest BCUT2D eigenvalue weighted by Crippen LogP contribution is -2.24. The Morgan fingerprint density at radius 1 is 1.20 bits per heavy atom. The summed E-state index contributed by atoms with van der Waals surface area (Å²) in [5.74, 6) is 0.265. The molecule has 0 aliphatic heterocycles. The van der Waals surface area contributed by atoms with Crippen molar-refractivity contribution in [3.05, 3.63) is 71.4 Å². The van der Waals surface area contributed by atoms with Crippen LogP contribution in [0.2, 0.25) is 5.02 Å². The van der Waals surface area contributed by atoms with E-state index in [-0.39, 0.29) is 23.6 Å². The van der Waals surface area contributed by atoms with Crippen molar-refractivity contribution < 1.29 is 9.13 Å². The molecule has 180 valence electrons. The molecule has 5 rings (SSSR count). The Hall–Kier alpha value is -3.69. The van der Waals surface area contributed by atoms with Crippen molar-refractivity contribution in [2.75, 3.05) is 12.4 Å². The molecule has 5 N–H and O–H groups in total. The maximum Gasteiger partial charge on any atom is 0.212 e. The molecule has 1 saturated carbocycles. The molecule has 35 heavy (non-hydrogen) atoms. The van der Waals surface area contributed by atoms with Crippen molar-refractivity contribution in [3.8, 4) is 17.0 Å². The van der Waals surface area contributed by atoms with Gasteiger partial charge in [0.25, 0.3) is 0 Å². The number of aromatic nitrogens is 3. The molecule has 2 atom stereocenters. The number of benzene rings is 1. The Labute approximate surface area is 206 Å². The predicted molar refractivity (Wildman–Crippen MR) is 136 cm³/mol. The highest BCUT2D eigenvalue weighted by Crippen LogP contribution is 2.32. The standard InChI is InChI=1S/C25H25ClFN7O/c1-35-23-7-2-14(11-30-23)15-8-22-24(32-18-5-4-17(28)10-18)19(12-31-34(22)13-15)25(29)33-21-9-16(27)3-6-20(21)26/h2-3,6-9,11-13,17-18,32H,4-5,10,28H2,1H3,(H2,29,33)/t17-,18+/m0/s1. The SMILES string of the molecule is COc1ccc(-c2cc3c(N[C@@H]4CC[C@H](N)C4)c(C(N)=Nc4cc(F)ccc4Cl)cnn3c2)cn1. The molecule has 3 heterocycles. The van der Waals surface area contributed by atoms with Crippen LogP contribution in [0.1, 0.15) is 24.8 Å². The molecule has 1 aromatic carbocycles. The van der Waals surface area contributed by atoms with E-state index in [2.05, 4.69) is 20.4 Å². The van der Waals surface area contributed by atoms with Gasteiger partial charge < -0.3 is 21.5 Å². The molecule has 10 heteroatoms. The highest BCUT2D eigenvalue weighted by atomic mass is 35.5. The summed E-state index contributed by atoms with van der Waals surface area (Å²) in [7, 11) is 1.58. The average molecular weight is 494 g/mol. The molecule has 0 spiro atoms. The number of pyridine rings is 1. The minimum absolute atomic E-state index is 0.152. The van der Waals surface area contributed by atoms with Gasteiger partial charge in [0.1, 0.15) is 11.7 Å². The zero-order valence-corrected chi connectivity index (χ0v) is 19.8. The molecule has 1 aliphatic rings. The number of ether oxygens (including phenoxy) is 1. The molecule has 0 unspecified atom stereocenters. The maximum atomic E-state index is 13.8. The first-order valence-electron chi connectivity index (χ1n) is 11.2. The van der Waals surface area contributed by atoms with Gasteiger partial charge in [-0.05, 0) is 43.5 Å². The number of rotatable bonds is 6.